The van der Waals surface area contributed by atoms with E-state index in [9.17, 15) is 4.79 Å². The number of hydrogen-bond donors (Lipinski definition) is 0. The molecule has 0 unspecified atom stereocenters. The molecule has 1 aliphatic rings. The molecule has 8 heteroatoms. The molecule has 8 nitrogen and oxygen atoms in total. The minimum atomic E-state index is -0.332. The first-order chi connectivity index (χ1) is 18.0. The molecular weight excluding hydrogens is 470 g/mol. The SMILES string of the molecule is COc1ccc(COc2ccc(CN3CCN(c4ncccc4C(=O)OC(C)C)CC3)cc2OC)cc1. The van der Waals surface area contributed by atoms with Gasteiger partial charge in [0.25, 0.3) is 0 Å². The van der Waals surface area contributed by atoms with E-state index in [0.29, 0.717) is 29.5 Å². The maximum Gasteiger partial charge on any atom is 0.342 e. The van der Waals surface area contributed by atoms with Crippen molar-refractivity contribution in [1.82, 2.24) is 9.88 Å². The fourth-order valence-corrected chi connectivity index (χ4v) is 4.27. The Hall–Kier alpha value is -3.78. The van der Waals surface area contributed by atoms with Crippen LogP contribution >= 0.6 is 0 Å². The Morgan fingerprint density at radius 1 is 0.919 bits per heavy atom. The summed E-state index contributed by atoms with van der Waals surface area (Å²) in [6, 6.07) is 17.5. The minimum Gasteiger partial charge on any atom is -0.497 e. The summed E-state index contributed by atoms with van der Waals surface area (Å²) in [6.45, 7) is 8.21. The molecule has 196 valence electrons. The smallest absolute Gasteiger partial charge is 0.342 e. The predicted octanol–water partition coefficient (Wildman–Crippen LogP) is 4.57. The number of anilines is 1. The van der Waals surface area contributed by atoms with E-state index < -0.39 is 0 Å². The molecule has 2 aromatic carbocycles. The van der Waals surface area contributed by atoms with Crippen LogP contribution < -0.4 is 19.1 Å². The van der Waals surface area contributed by atoms with Crippen molar-refractivity contribution in [2.45, 2.75) is 33.1 Å². The Kier molecular flexibility index (Phi) is 8.85. The number of rotatable bonds is 10. The lowest BCUT2D eigenvalue weighted by Gasteiger charge is -2.36. The third-order valence-electron chi connectivity index (χ3n) is 6.21. The first-order valence-electron chi connectivity index (χ1n) is 12.5. The van der Waals surface area contributed by atoms with Gasteiger partial charge in [0.15, 0.2) is 11.5 Å². The van der Waals surface area contributed by atoms with Crippen LogP contribution in [0, 0.1) is 0 Å². The summed E-state index contributed by atoms with van der Waals surface area (Å²) in [7, 11) is 3.31. The second kappa shape index (κ2) is 12.5. The number of aromatic nitrogens is 1. The van der Waals surface area contributed by atoms with E-state index >= 15 is 0 Å². The fraction of sp³-hybridized carbons (Fsp3) is 0.379. The molecule has 1 aliphatic heterocycles. The average molecular weight is 506 g/mol. The largest absolute Gasteiger partial charge is 0.497 e. The van der Waals surface area contributed by atoms with E-state index in [1.54, 1.807) is 32.5 Å². The molecular formula is C29H35N3O5. The second-order valence-electron chi connectivity index (χ2n) is 9.21. The molecule has 1 aromatic heterocycles. The number of pyridine rings is 1. The summed E-state index contributed by atoms with van der Waals surface area (Å²) < 4.78 is 22.3. The molecule has 0 N–H and O–H groups in total. The normalized spacial score (nSPS) is 13.9. The number of carbonyl (C=O) groups excluding carboxylic acids is 1. The highest BCUT2D eigenvalue weighted by atomic mass is 16.5. The van der Waals surface area contributed by atoms with Gasteiger partial charge >= 0.3 is 5.97 Å². The number of piperazine rings is 1. The Bertz CT molecular complexity index is 1170. The monoisotopic (exact) mass is 505 g/mol. The first-order valence-corrected chi connectivity index (χ1v) is 12.5. The van der Waals surface area contributed by atoms with Gasteiger partial charge in [0.2, 0.25) is 0 Å². The molecule has 0 amide bonds. The summed E-state index contributed by atoms with van der Waals surface area (Å²) in [4.78, 5) is 21.6. The van der Waals surface area contributed by atoms with Crippen LogP contribution in [0.15, 0.2) is 60.8 Å². The highest BCUT2D eigenvalue weighted by molar-refractivity contribution is 5.94. The number of nitrogens with zero attached hydrogens (tertiary/aromatic N) is 3. The van der Waals surface area contributed by atoms with E-state index in [2.05, 4.69) is 20.9 Å². The molecule has 1 fully saturated rings. The van der Waals surface area contributed by atoms with Crippen LogP contribution in [0.5, 0.6) is 17.2 Å². The molecule has 0 aliphatic carbocycles. The number of ether oxygens (including phenoxy) is 4. The zero-order valence-electron chi connectivity index (χ0n) is 22.0. The molecule has 0 spiro atoms. The molecule has 0 bridgehead atoms. The molecule has 0 atom stereocenters. The quantitative estimate of drug-likeness (QED) is 0.371. The topological polar surface area (TPSA) is 73.4 Å². The Balaban J connectivity index is 1.34. The van der Waals surface area contributed by atoms with Crippen molar-refractivity contribution in [3.8, 4) is 17.2 Å². The number of carbonyl (C=O) groups is 1. The van der Waals surface area contributed by atoms with Crippen molar-refractivity contribution in [3.63, 3.8) is 0 Å². The Morgan fingerprint density at radius 2 is 1.65 bits per heavy atom. The molecule has 3 aromatic rings. The van der Waals surface area contributed by atoms with E-state index in [4.69, 9.17) is 18.9 Å². The summed E-state index contributed by atoms with van der Waals surface area (Å²) in [6.07, 6.45) is 1.55. The van der Waals surface area contributed by atoms with Gasteiger partial charge in [-0.2, -0.15) is 0 Å². The van der Waals surface area contributed by atoms with E-state index in [1.807, 2.05) is 50.2 Å². The maximum atomic E-state index is 12.5. The highest BCUT2D eigenvalue weighted by Crippen LogP contribution is 2.30. The van der Waals surface area contributed by atoms with Crippen molar-refractivity contribution < 1.29 is 23.7 Å². The highest BCUT2D eigenvalue weighted by Gasteiger charge is 2.24. The van der Waals surface area contributed by atoms with E-state index in [0.717, 1.165) is 49.6 Å². The Labute approximate surface area is 218 Å². The van der Waals surface area contributed by atoms with Crippen LogP contribution in [0.25, 0.3) is 0 Å². The minimum absolute atomic E-state index is 0.173. The first kappa shape index (κ1) is 26.3. The lowest BCUT2D eigenvalue weighted by molar-refractivity contribution is 0.0378. The van der Waals surface area contributed by atoms with Crippen molar-refractivity contribution in [2.24, 2.45) is 0 Å². The van der Waals surface area contributed by atoms with Crippen molar-refractivity contribution in [3.05, 3.63) is 77.5 Å². The van der Waals surface area contributed by atoms with Crippen LogP contribution in [-0.4, -0.2) is 62.4 Å². The molecule has 0 radical (unpaired) electrons. The number of hydrogen-bond acceptors (Lipinski definition) is 8. The van der Waals surface area contributed by atoms with E-state index in [1.165, 1.54) is 0 Å². The summed E-state index contributed by atoms with van der Waals surface area (Å²) >= 11 is 0. The molecule has 2 heterocycles. The summed E-state index contributed by atoms with van der Waals surface area (Å²) in [5, 5.41) is 0. The van der Waals surface area contributed by atoms with Gasteiger partial charge in [0.1, 0.15) is 23.7 Å². The van der Waals surface area contributed by atoms with Crippen LogP contribution in [0.1, 0.15) is 35.3 Å². The number of esters is 1. The van der Waals surface area contributed by atoms with Gasteiger partial charge in [0, 0.05) is 38.9 Å². The van der Waals surface area contributed by atoms with Crippen LogP contribution in [0.4, 0.5) is 5.82 Å². The third-order valence-corrected chi connectivity index (χ3v) is 6.21. The van der Waals surface area contributed by atoms with Gasteiger partial charge in [-0.05, 0) is 61.4 Å². The maximum absolute atomic E-state index is 12.5. The van der Waals surface area contributed by atoms with Crippen molar-refractivity contribution >= 4 is 11.8 Å². The molecule has 37 heavy (non-hydrogen) atoms. The van der Waals surface area contributed by atoms with Crippen molar-refractivity contribution in [2.75, 3.05) is 45.3 Å². The predicted molar refractivity (Wildman–Crippen MR) is 143 cm³/mol. The second-order valence-corrected chi connectivity index (χ2v) is 9.21. The molecule has 4 rings (SSSR count). The van der Waals surface area contributed by atoms with Crippen LogP contribution in [0.3, 0.4) is 0 Å². The van der Waals surface area contributed by atoms with Crippen LogP contribution in [0.2, 0.25) is 0 Å². The zero-order chi connectivity index (χ0) is 26.2. The summed E-state index contributed by atoms with van der Waals surface area (Å²) in [5.41, 5.74) is 2.72. The number of methoxy groups -OCH3 is 2. The number of benzene rings is 2. The lowest BCUT2D eigenvalue weighted by Crippen LogP contribution is -2.46. The van der Waals surface area contributed by atoms with Crippen molar-refractivity contribution in [1.29, 1.82) is 0 Å². The van der Waals surface area contributed by atoms with Crippen LogP contribution in [-0.2, 0) is 17.9 Å². The fourth-order valence-electron chi connectivity index (χ4n) is 4.27. The summed E-state index contributed by atoms with van der Waals surface area (Å²) in [5.74, 6) is 2.60. The average Bonchev–Trinajstić information content (AvgIpc) is 2.92. The van der Waals surface area contributed by atoms with Gasteiger partial charge in [-0.15, -0.1) is 0 Å². The van der Waals surface area contributed by atoms with E-state index in [-0.39, 0.29) is 12.1 Å². The van der Waals surface area contributed by atoms with Gasteiger partial charge < -0.3 is 23.8 Å². The van der Waals surface area contributed by atoms with Gasteiger partial charge in [0.05, 0.1) is 20.3 Å². The third kappa shape index (κ3) is 6.92. The Morgan fingerprint density at radius 3 is 2.32 bits per heavy atom. The lowest BCUT2D eigenvalue weighted by atomic mass is 10.1. The molecule has 1 saturated heterocycles. The standard InChI is InChI=1S/C29H35N3O5/c1-21(2)37-29(33)25-6-5-13-30-28(25)32-16-14-31(15-17-32)19-23-9-12-26(27(18-23)35-4)36-20-22-7-10-24(34-3)11-8-22/h5-13,18,21H,14-17,19-20H2,1-4H3. The van der Waals surface area contributed by atoms with Gasteiger partial charge in [-0.3, -0.25) is 4.90 Å². The van der Waals surface area contributed by atoms with Gasteiger partial charge in [-0.1, -0.05) is 18.2 Å². The zero-order valence-corrected chi connectivity index (χ0v) is 22.0. The molecule has 0 saturated carbocycles. The van der Waals surface area contributed by atoms with Gasteiger partial charge in [-0.25, -0.2) is 9.78 Å².